The zero-order chi connectivity index (χ0) is 16.1. The summed E-state index contributed by atoms with van der Waals surface area (Å²) in [6.07, 6.45) is 0. The minimum atomic E-state index is -0.570. The minimum absolute atomic E-state index is 0.0597. The Morgan fingerprint density at radius 1 is 1.09 bits per heavy atom. The van der Waals surface area contributed by atoms with E-state index in [1.54, 1.807) is 24.3 Å². The van der Waals surface area contributed by atoms with Crippen LogP contribution in [-0.2, 0) is 0 Å². The number of amides is 1. The minimum Gasteiger partial charge on any atom is -0.508 e. The highest BCUT2D eigenvalue weighted by molar-refractivity contribution is 5.99. The lowest BCUT2D eigenvalue weighted by Crippen LogP contribution is -2.21. The van der Waals surface area contributed by atoms with Crippen LogP contribution >= 0.6 is 0 Å². The Bertz CT molecular complexity index is 1000. The second kappa shape index (κ2) is 4.71. The second-order valence-electron chi connectivity index (χ2n) is 5.67. The van der Waals surface area contributed by atoms with Crippen LogP contribution < -0.4 is 10.7 Å². The number of hydrogen-bond acceptors (Lipinski definition) is 4. The molecule has 0 saturated heterocycles. The normalized spacial score (nSPS) is 16.4. The number of phenols is 1. The van der Waals surface area contributed by atoms with E-state index in [1.165, 1.54) is 12.1 Å². The molecule has 0 bridgehead atoms. The van der Waals surface area contributed by atoms with Crippen molar-refractivity contribution in [3.05, 3.63) is 75.1 Å². The van der Waals surface area contributed by atoms with Gasteiger partial charge in [-0.2, -0.15) is 0 Å². The second-order valence-corrected chi connectivity index (χ2v) is 5.67. The number of carbonyl (C=O) groups is 1. The van der Waals surface area contributed by atoms with Gasteiger partial charge in [0.1, 0.15) is 11.3 Å². The first-order valence-electron chi connectivity index (χ1n) is 7.22. The molecule has 5 heteroatoms. The molecule has 0 unspecified atom stereocenters. The maximum Gasteiger partial charge on any atom is 0.288 e. The molecule has 0 saturated carbocycles. The quantitative estimate of drug-likeness (QED) is 0.724. The fourth-order valence-electron chi connectivity index (χ4n) is 2.94. The summed E-state index contributed by atoms with van der Waals surface area (Å²) < 4.78 is 5.67. The van der Waals surface area contributed by atoms with Crippen LogP contribution in [-0.4, -0.2) is 11.0 Å². The van der Waals surface area contributed by atoms with Gasteiger partial charge >= 0.3 is 0 Å². The van der Waals surface area contributed by atoms with E-state index in [-0.39, 0.29) is 16.9 Å². The lowest BCUT2D eigenvalue weighted by molar-refractivity contribution is 0.0938. The summed E-state index contributed by atoms with van der Waals surface area (Å²) in [6.45, 7) is 1.90. The van der Waals surface area contributed by atoms with Gasteiger partial charge in [-0.1, -0.05) is 23.8 Å². The average Bonchev–Trinajstić information content (AvgIpc) is 2.86. The molecule has 1 aliphatic rings. The van der Waals surface area contributed by atoms with E-state index in [2.05, 4.69) is 5.32 Å². The van der Waals surface area contributed by atoms with Crippen molar-refractivity contribution in [3.8, 4) is 5.75 Å². The van der Waals surface area contributed by atoms with Crippen molar-refractivity contribution < 1.29 is 14.3 Å². The molecule has 1 atom stereocenters. The molecule has 5 nitrogen and oxygen atoms in total. The Labute approximate surface area is 131 Å². The molecular formula is C18H13NO4. The highest BCUT2D eigenvalue weighted by atomic mass is 16.3. The van der Waals surface area contributed by atoms with Crippen LogP contribution in [0, 0.1) is 6.92 Å². The molecule has 4 rings (SSSR count). The molecule has 1 aliphatic heterocycles. The highest BCUT2D eigenvalue weighted by Crippen LogP contribution is 2.31. The largest absolute Gasteiger partial charge is 0.508 e. The van der Waals surface area contributed by atoms with E-state index >= 15 is 0 Å². The van der Waals surface area contributed by atoms with Crippen molar-refractivity contribution in [3.63, 3.8) is 0 Å². The number of aromatic hydroxyl groups is 1. The number of rotatable bonds is 1. The Balaban J connectivity index is 1.99. The Morgan fingerprint density at radius 2 is 1.83 bits per heavy atom. The van der Waals surface area contributed by atoms with Gasteiger partial charge in [0, 0.05) is 0 Å². The van der Waals surface area contributed by atoms with Crippen molar-refractivity contribution >= 4 is 16.9 Å². The fraction of sp³-hybridized carbons (Fsp3) is 0.111. The summed E-state index contributed by atoms with van der Waals surface area (Å²) in [5.41, 5.74) is 2.18. The number of aryl methyl sites for hydroxylation is 1. The molecule has 2 N–H and O–H groups in total. The topological polar surface area (TPSA) is 79.5 Å². The van der Waals surface area contributed by atoms with Crippen molar-refractivity contribution in [2.24, 2.45) is 0 Å². The van der Waals surface area contributed by atoms with E-state index in [4.69, 9.17) is 4.42 Å². The summed E-state index contributed by atoms with van der Waals surface area (Å²) in [5, 5.41) is 12.6. The number of hydrogen-bond donors (Lipinski definition) is 2. The lowest BCUT2D eigenvalue weighted by Gasteiger charge is -2.11. The number of carbonyl (C=O) groups excluding carboxylic acids is 1. The maximum absolute atomic E-state index is 12.9. The molecule has 0 fully saturated rings. The summed E-state index contributed by atoms with van der Waals surface area (Å²) >= 11 is 0. The lowest BCUT2D eigenvalue weighted by atomic mass is 9.99. The van der Waals surface area contributed by atoms with Gasteiger partial charge in [-0.15, -0.1) is 0 Å². The molecule has 1 amide bonds. The predicted molar refractivity (Wildman–Crippen MR) is 84.6 cm³/mol. The third kappa shape index (κ3) is 2.01. The number of fused-ring (bicyclic) bond motifs is 2. The maximum atomic E-state index is 12.9. The number of phenolic OH excluding ortho intramolecular Hbond substituents is 1. The van der Waals surface area contributed by atoms with Crippen molar-refractivity contribution in [2.45, 2.75) is 13.0 Å². The van der Waals surface area contributed by atoms with Crippen LogP contribution in [0.5, 0.6) is 5.75 Å². The predicted octanol–water partition coefficient (Wildman–Crippen LogP) is 2.64. The molecule has 3 aromatic rings. The summed E-state index contributed by atoms with van der Waals surface area (Å²) in [5.74, 6) is -0.221. The van der Waals surface area contributed by atoms with Gasteiger partial charge in [0.15, 0.2) is 5.43 Å². The van der Waals surface area contributed by atoms with Gasteiger partial charge in [-0.25, -0.2) is 0 Å². The first-order valence-corrected chi connectivity index (χ1v) is 7.22. The molecular weight excluding hydrogens is 294 g/mol. The fourth-order valence-corrected chi connectivity index (χ4v) is 2.94. The molecule has 114 valence electrons. The van der Waals surface area contributed by atoms with Crippen LogP contribution in [0.2, 0.25) is 0 Å². The highest BCUT2D eigenvalue weighted by Gasteiger charge is 2.35. The molecule has 2 aromatic carbocycles. The zero-order valence-electron chi connectivity index (χ0n) is 12.3. The van der Waals surface area contributed by atoms with E-state index in [0.717, 1.165) is 5.56 Å². The van der Waals surface area contributed by atoms with Crippen LogP contribution in [0.1, 0.15) is 33.3 Å². The Morgan fingerprint density at radius 3 is 2.57 bits per heavy atom. The SMILES string of the molecule is Cc1ccc2oc3c(c(=O)c2c1)[C@@H](c1ccc(O)cc1)NC3=O. The molecule has 2 heterocycles. The third-order valence-corrected chi connectivity index (χ3v) is 4.08. The first-order chi connectivity index (χ1) is 11.0. The summed E-state index contributed by atoms with van der Waals surface area (Å²) in [6, 6.07) is 11.1. The van der Waals surface area contributed by atoms with Crippen LogP contribution in [0.15, 0.2) is 51.7 Å². The van der Waals surface area contributed by atoms with Gasteiger partial charge in [0.25, 0.3) is 5.91 Å². The van der Waals surface area contributed by atoms with E-state index in [9.17, 15) is 14.7 Å². The van der Waals surface area contributed by atoms with Crippen LogP contribution in [0.4, 0.5) is 0 Å². The average molecular weight is 307 g/mol. The molecule has 0 radical (unpaired) electrons. The van der Waals surface area contributed by atoms with Crippen LogP contribution in [0.3, 0.4) is 0 Å². The third-order valence-electron chi connectivity index (χ3n) is 4.08. The van der Waals surface area contributed by atoms with Gasteiger partial charge in [0.2, 0.25) is 5.76 Å². The molecule has 1 aromatic heterocycles. The van der Waals surface area contributed by atoms with E-state index in [1.807, 2.05) is 13.0 Å². The Hall–Kier alpha value is -3.08. The van der Waals surface area contributed by atoms with Crippen molar-refractivity contribution in [1.82, 2.24) is 5.32 Å². The van der Waals surface area contributed by atoms with Crippen molar-refractivity contribution in [1.29, 1.82) is 0 Å². The zero-order valence-corrected chi connectivity index (χ0v) is 12.3. The first kappa shape index (κ1) is 13.6. The number of nitrogens with one attached hydrogen (secondary N) is 1. The van der Waals surface area contributed by atoms with E-state index in [0.29, 0.717) is 22.1 Å². The smallest absolute Gasteiger partial charge is 0.288 e. The molecule has 23 heavy (non-hydrogen) atoms. The van der Waals surface area contributed by atoms with Gasteiger partial charge < -0.3 is 14.8 Å². The van der Waals surface area contributed by atoms with Crippen LogP contribution in [0.25, 0.3) is 11.0 Å². The molecule has 0 spiro atoms. The summed E-state index contributed by atoms with van der Waals surface area (Å²) in [7, 11) is 0. The Kier molecular flexibility index (Phi) is 2.78. The van der Waals surface area contributed by atoms with Gasteiger partial charge in [0.05, 0.1) is 17.0 Å². The number of benzene rings is 2. The monoisotopic (exact) mass is 307 g/mol. The van der Waals surface area contributed by atoms with Crippen molar-refractivity contribution in [2.75, 3.05) is 0 Å². The molecule has 0 aliphatic carbocycles. The standard InChI is InChI=1S/C18H13NO4/c1-9-2-7-13-12(8-9)16(21)14-15(19-18(22)17(14)23-13)10-3-5-11(20)6-4-10/h2-8,15,20H,1H3,(H,19,22)/t15-/m1/s1. The van der Waals surface area contributed by atoms with Gasteiger partial charge in [-0.3, -0.25) is 9.59 Å². The van der Waals surface area contributed by atoms with Gasteiger partial charge in [-0.05, 0) is 36.8 Å². The van der Waals surface area contributed by atoms with E-state index < -0.39 is 11.9 Å². The summed E-state index contributed by atoms with van der Waals surface area (Å²) in [4.78, 5) is 25.1.